The van der Waals surface area contributed by atoms with E-state index in [4.69, 9.17) is 11.6 Å². The lowest BCUT2D eigenvalue weighted by molar-refractivity contribution is 0.690. The Kier molecular flexibility index (Phi) is 5.00. The lowest BCUT2D eigenvalue weighted by Crippen LogP contribution is -2.17. The highest BCUT2D eigenvalue weighted by Gasteiger charge is 2.12. The van der Waals surface area contributed by atoms with Gasteiger partial charge in [-0.2, -0.15) is 0 Å². The molecule has 0 heterocycles. The molecule has 1 unspecified atom stereocenters. The van der Waals surface area contributed by atoms with Gasteiger partial charge in [-0.15, -0.1) is 0 Å². The molecule has 0 radical (unpaired) electrons. The van der Waals surface area contributed by atoms with Crippen LogP contribution < -0.4 is 5.32 Å². The van der Waals surface area contributed by atoms with E-state index in [2.05, 4.69) is 42.6 Å². The lowest BCUT2D eigenvalue weighted by atomic mass is 9.96. The number of hydrogen-bond donors (Lipinski definition) is 1. The zero-order valence-electron chi connectivity index (χ0n) is 11.5. The van der Waals surface area contributed by atoms with Crippen molar-refractivity contribution in [1.29, 1.82) is 0 Å². The smallest absolute Gasteiger partial charge is 0.0574 e. The fourth-order valence-electron chi connectivity index (χ4n) is 2.43. The lowest BCUT2D eigenvalue weighted by Gasteiger charge is -2.18. The maximum absolute atomic E-state index is 6.09. The Hall–Kier alpha value is -1.31. The van der Waals surface area contributed by atoms with Gasteiger partial charge in [0.1, 0.15) is 0 Å². The Balaban J connectivity index is 2.33. The summed E-state index contributed by atoms with van der Waals surface area (Å²) in [5, 5.41) is 4.15. The van der Waals surface area contributed by atoms with Crippen LogP contribution in [0, 0.1) is 0 Å². The van der Waals surface area contributed by atoms with Crippen LogP contribution in [0.2, 0.25) is 5.02 Å². The first-order chi connectivity index (χ1) is 9.24. The Morgan fingerprint density at radius 3 is 2.37 bits per heavy atom. The van der Waals surface area contributed by atoms with Crippen LogP contribution in [0.25, 0.3) is 0 Å². The van der Waals surface area contributed by atoms with Crippen LogP contribution in [0.4, 0.5) is 0 Å². The number of hydrogen-bond acceptors (Lipinski definition) is 1. The molecule has 0 bridgehead atoms. The quantitative estimate of drug-likeness (QED) is 0.839. The van der Waals surface area contributed by atoms with E-state index >= 15 is 0 Å². The average Bonchev–Trinajstić information content (AvgIpc) is 2.41. The molecule has 0 spiro atoms. The largest absolute Gasteiger partial charge is 0.309 e. The van der Waals surface area contributed by atoms with Gasteiger partial charge < -0.3 is 5.32 Å². The minimum atomic E-state index is 0.190. The molecule has 0 aliphatic carbocycles. The summed E-state index contributed by atoms with van der Waals surface area (Å²) in [5.74, 6) is 0. The molecule has 1 N–H and O–H groups in total. The summed E-state index contributed by atoms with van der Waals surface area (Å²) in [7, 11) is 1.98. The zero-order valence-corrected chi connectivity index (χ0v) is 12.2. The standard InChI is InChI=1S/C17H20ClN/c1-3-6-13-7-4-8-14(11-13)17(19-2)15-9-5-10-16(18)12-15/h4-5,7-12,17,19H,3,6H2,1-2H3. The molecule has 2 aromatic rings. The third-order valence-electron chi connectivity index (χ3n) is 3.29. The van der Waals surface area contributed by atoms with Crippen LogP contribution >= 0.6 is 11.6 Å². The van der Waals surface area contributed by atoms with Crippen molar-refractivity contribution in [3.63, 3.8) is 0 Å². The predicted octanol–water partition coefficient (Wildman–Crippen LogP) is 4.60. The van der Waals surface area contributed by atoms with Crippen molar-refractivity contribution in [2.45, 2.75) is 25.8 Å². The molecule has 19 heavy (non-hydrogen) atoms. The van der Waals surface area contributed by atoms with Gasteiger partial charge >= 0.3 is 0 Å². The molecular formula is C17H20ClN. The molecule has 0 aliphatic heterocycles. The first kappa shape index (κ1) is 14.1. The molecule has 0 aliphatic rings. The second-order valence-corrected chi connectivity index (χ2v) is 5.21. The molecular weight excluding hydrogens is 254 g/mol. The molecule has 0 amide bonds. The fraction of sp³-hybridized carbons (Fsp3) is 0.294. The number of nitrogens with one attached hydrogen (secondary N) is 1. The molecule has 2 rings (SSSR count). The van der Waals surface area contributed by atoms with E-state index in [0.29, 0.717) is 0 Å². The van der Waals surface area contributed by atoms with Gasteiger partial charge in [0.05, 0.1) is 6.04 Å². The highest BCUT2D eigenvalue weighted by Crippen LogP contribution is 2.25. The number of halogens is 1. The predicted molar refractivity (Wildman–Crippen MR) is 82.8 cm³/mol. The van der Waals surface area contributed by atoms with E-state index in [1.54, 1.807) is 0 Å². The fourth-order valence-corrected chi connectivity index (χ4v) is 2.63. The first-order valence-electron chi connectivity index (χ1n) is 6.76. The zero-order chi connectivity index (χ0) is 13.7. The summed E-state index contributed by atoms with van der Waals surface area (Å²) in [6.45, 7) is 2.21. The molecule has 0 aromatic heterocycles. The van der Waals surface area contributed by atoms with Crippen molar-refractivity contribution in [2.75, 3.05) is 7.05 Å². The van der Waals surface area contributed by atoms with Crippen LogP contribution in [0.5, 0.6) is 0 Å². The van der Waals surface area contributed by atoms with Crippen molar-refractivity contribution >= 4 is 11.6 Å². The van der Waals surface area contributed by atoms with Crippen molar-refractivity contribution in [3.05, 3.63) is 70.2 Å². The molecule has 100 valence electrons. The minimum Gasteiger partial charge on any atom is -0.309 e. The molecule has 1 nitrogen and oxygen atoms in total. The highest BCUT2D eigenvalue weighted by atomic mass is 35.5. The van der Waals surface area contributed by atoms with E-state index in [1.165, 1.54) is 23.1 Å². The van der Waals surface area contributed by atoms with E-state index in [0.717, 1.165) is 11.4 Å². The van der Waals surface area contributed by atoms with E-state index < -0.39 is 0 Å². The molecule has 2 aromatic carbocycles. The summed E-state index contributed by atoms with van der Waals surface area (Å²) in [4.78, 5) is 0. The van der Waals surface area contributed by atoms with Crippen LogP contribution in [-0.2, 0) is 6.42 Å². The normalized spacial score (nSPS) is 12.4. The maximum Gasteiger partial charge on any atom is 0.0574 e. The van der Waals surface area contributed by atoms with Crippen LogP contribution in [0.15, 0.2) is 48.5 Å². The SMILES string of the molecule is CCCc1cccc(C(NC)c2cccc(Cl)c2)c1. The van der Waals surface area contributed by atoms with Crippen molar-refractivity contribution < 1.29 is 0 Å². The Bertz CT molecular complexity index is 536. The monoisotopic (exact) mass is 273 g/mol. The van der Waals surface area contributed by atoms with Gasteiger partial charge in [-0.05, 0) is 42.3 Å². The Morgan fingerprint density at radius 1 is 1.05 bits per heavy atom. The molecule has 0 saturated carbocycles. The molecule has 0 saturated heterocycles. The first-order valence-corrected chi connectivity index (χ1v) is 7.14. The third-order valence-corrected chi connectivity index (χ3v) is 3.53. The topological polar surface area (TPSA) is 12.0 Å². The van der Waals surface area contributed by atoms with Crippen molar-refractivity contribution in [1.82, 2.24) is 5.32 Å². The molecule has 1 atom stereocenters. The Morgan fingerprint density at radius 2 is 1.74 bits per heavy atom. The van der Waals surface area contributed by atoms with Gasteiger partial charge in [0.25, 0.3) is 0 Å². The van der Waals surface area contributed by atoms with Crippen LogP contribution in [0.3, 0.4) is 0 Å². The van der Waals surface area contributed by atoms with Crippen LogP contribution in [-0.4, -0.2) is 7.05 Å². The van der Waals surface area contributed by atoms with Gasteiger partial charge in [0, 0.05) is 5.02 Å². The number of aryl methyl sites for hydroxylation is 1. The van der Waals surface area contributed by atoms with Gasteiger partial charge in [0.15, 0.2) is 0 Å². The summed E-state index contributed by atoms with van der Waals surface area (Å²) < 4.78 is 0. The van der Waals surface area contributed by atoms with Gasteiger partial charge in [-0.25, -0.2) is 0 Å². The summed E-state index contributed by atoms with van der Waals surface area (Å²) in [6, 6.07) is 17.0. The molecule has 2 heteroatoms. The van der Waals surface area contributed by atoms with Crippen molar-refractivity contribution in [2.24, 2.45) is 0 Å². The maximum atomic E-state index is 6.09. The number of rotatable bonds is 5. The van der Waals surface area contributed by atoms with Gasteiger partial charge in [-0.3, -0.25) is 0 Å². The van der Waals surface area contributed by atoms with E-state index in [1.807, 2.05) is 25.2 Å². The third kappa shape index (κ3) is 3.59. The van der Waals surface area contributed by atoms with E-state index in [-0.39, 0.29) is 6.04 Å². The summed E-state index contributed by atoms with van der Waals surface area (Å²) >= 11 is 6.09. The van der Waals surface area contributed by atoms with Crippen LogP contribution in [0.1, 0.15) is 36.1 Å². The summed E-state index contributed by atoms with van der Waals surface area (Å²) in [5.41, 5.74) is 3.88. The minimum absolute atomic E-state index is 0.190. The Labute approximate surface area is 120 Å². The van der Waals surface area contributed by atoms with E-state index in [9.17, 15) is 0 Å². The second kappa shape index (κ2) is 6.74. The number of benzene rings is 2. The average molecular weight is 274 g/mol. The second-order valence-electron chi connectivity index (χ2n) is 4.77. The summed E-state index contributed by atoms with van der Waals surface area (Å²) in [6.07, 6.45) is 2.30. The highest BCUT2D eigenvalue weighted by molar-refractivity contribution is 6.30. The van der Waals surface area contributed by atoms with Crippen molar-refractivity contribution in [3.8, 4) is 0 Å². The van der Waals surface area contributed by atoms with Gasteiger partial charge in [0.2, 0.25) is 0 Å². The van der Waals surface area contributed by atoms with Gasteiger partial charge in [-0.1, -0.05) is 61.3 Å². The molecule has 0 fully saturated rings.